The molecule has 1 aromatic rings. The van der Waals surface area contributed by atoms with Crippen molar-refractivity contribution >= 4 is 0 Å². The predicted octanol–water partition coefficient (Wildman–Crippen LogP) is 6.12. The molecule has 1 saturated carbocycles. The molecule has 0 aliphatic heterocycles. The maximum absolute atomic E-state index is 13.1. The number of halogens is 1. The molecule has 1 fully saturated rings. The van der Waals surface area contributed by atoms with Crippen molar-refractivity contribution in [2.75, 3.05) is 6.61 Å². The minimum atomic E-state index is -0.178. The summed E-state index contributed by atoms with van der Waals surface area (Å²) >= 11 is 0. The lowest BCUT2D eigenvalue weighted by atomic mass is 9.82. The molecule has 2 heteroatoms. The molecule has 2 atom stereocenters. The zero-order chi connectivity index (χ0) is 15.6. The van der Waals surface area contributed by atoms with Crippen LogP contribution in [0.1, 0.15) is 70.3 Å². The summed E-state index contributed by atoms with van der Waals surface area (Å²) in [6.45, 7) is 3.64. The van der Waals surface area contributed by atoms with Crippen LogP contribution in [0.25, 0.3) is 0 Å². The molecule has 0 aromatic heterocycles. The number of rotatable bonds is 7. The molecule has 2 rings (SSSR count). The van der Waals surface area contributed by atoms with Gasteiger partial charge in [-0.2, -0.15) is 0 Å². The van der Waals surface area contributed by atoms with Crippen molar-refractivity contribution in [1.82, 2.24) is 0 Å². The lowest BCUT2D eigenvalue weighted by Crippen LogP contribution is -2.12. The molecule has 124 valence electrons. The number of hydrogen-bond acceptors (Lipinski definition) is 1. The fourth-order valence-corrected chi connectivity index (χ4v) is 3.68. The first-order valence-corrected chi connectivity index (χ1v) is 9.10. The molecule has 22 heavy (non-hydrogen) atoms. The molecule has 1 aliphatic carbocycles. The highest BCUT2D eigenvalue weighted by Crippen LogP contribution is 2.30. The number of ether oxygens (including phenoxy) is 1. The second-order valence-electron chi connectivity index (χ2n) is 6.85. The van der Waals surface area contributed by atoms with E-state index >= 15 is 0 Å². The van der Waals surface area contributed by atoms with Gasteiger partial charge in [-0.15, -0.1) is 0 Å². The molecule has 1 aromatic carbocycles. The molecular weight excluding hydrogens is 275 g/mol. The van der Waals surface area contributed by atoms with Gasteiger partial charge in [-0.3, -0.25) is 0 Å². The van der Waals surface area contributed by atoms with Crippen LogP contribution in [-0.4, -0.2) is 6.61 Å². The highest BCUT2D eigenvalue weighted by Gasteiger charge is 2.16. The van der Waals surface area contributed by atoms with Gasteiger partial charge in [0, 0.05) is 6.61 Å². The summed E-state index contributed by atoms with van der Waals surface area (Å²) in [5, 5.41) is 0. The largest absolute Gasteiger partial charge is 0.377 e. The maximum atomic E-state index is 13.1. The van der Waals surface area contributed by atoms with Crippen LogP contribution in [0.5, 0.6) is 0 Å². The molecule has 0 N–H and O–H groups in total. The van der Waals surface area contributed by atoms with Crippen LogP contribution < -0.4 is 0 Å². The zero-order valence-electron chi connectivity index (χ0n) is 14.0. The van der Waals surface area contributed by atoms with Gasteiger partial charge in [-0.05, 0) is 36.0 Å². The second kappa shape index (κ2) is 9.99. The molecule has 0 radical (unpaired) electrons. The van der Waals surface area contributed by atoms with Gasteiger partial charge in [0.05, 0.1) is 6.61 Å². The minimum Gasteiger partial charge on any atom is -0.377 e. The third-order valence-corrected chi connectivity index (χ3v) is 4.98. The quantitative estimate of drug-likeness (QED) is 0.551. The van der Waals surface area contributed by atoms with Gasteiger partial charge in [-0.25, -0.2) is 4.39 Å². The molecule has 1 nitrogen and oxygen atoms in total. The summed E-state index contributed by atoms with van der Waals surface area (Å²) in [5.74, 6) is 1.61. The van der Waals surface area contributed by atoms with Gasteiger partial charge in [0.15, 0.2) is 0 Å². The van der Waals surface area contributed by atoms with Gasteiger partial charge in [0.25, 0.3) is 0 Å². The Morgan fingerprint density at radius 2 is 1.77 bits per heavy atom. The Bertz CT molecular complexity index is 418. The van der Waals surface area contributed by atoms with Gasteiger partial charge >= 0.3 is 0 Å². The van der Waals surface area contributed by atoms with Crippen molar-refractivity contribution in [3.05, 3.63) is 35.6 Å². The first kappa shape index (κ1) is 17.5. The van der Waals surface area contributed by atoms with Crippen LogP contribution in [-0.2, 0) is 11.3 Å². The van der Waals surface area contributed by atoms with E-state index in [0.29, 0.717) is 6.61 Å². The van der Waals surface area contributed by atoms with Crippen LogP contribution in [0, 0.1) is 17.7 Å². The first-order valence-electron chi connectivity index (χ1n) is 9.10. The van der Waals surface area contributed by atoms with Crippen molar-refractivity contribution in [2.45, 2.75) is 71.3 Å². The van der Waals surface area contributed by atoms with E-state index in [1.807, 2.05) is 6.07 Å². The SMILES string of the molecule is CCCC1CCCCC(CCOCc2cccc(F)c2)CC1. The lowest BCUT2D eigenvalue weighted by molar-refractivity contribution is 0.101. The van der Waals surface area contributed by atoms with E-state index in [4.69, 9.17) is 4.74 Å². The van der Waals surface area contributed by atoms with E-state index < -0.39 is 0 Å². The Kier molecular flexibility index (Phi) is 7.93. The van der Waals surface area contributed by atoms with E-state index in [9.17, 15) is 4.39 Å². The molecule has 0 saturated heterocycles. The minimum absolute atomic E-state index is 0.178. The molecule has 0 heterocycles. The summed E-state index contributed by atoms with van der Waals surface area (Å²) in [5.41, 5.74) is 0.931. The Morgan fingerprint density at radius 3 is 2.45 bits per heavy atom. The molecule has 0 bridgehead atoms. The van der Waals surface area contributed by atoms with Crippen LogP contribution in [0.3, 0.4) is 0 Å². The van der Waals surface area contributed by atoms with Crippen molar-refractivity contribution in [3.63, 3.8) is 0 Å². The fraction of sp³-hybridized carbons (Fsp3) is 0.700. The average molecular weight is 306 g/mol. The highest BCUT2D eigenvalue weighted by atomic mass is 19.1. The van der Waals surface area contributed by atoms with E-state index in [1.54, 1.807) is 12.1 Å². The monoisotopic (exact) mass is 306 g/mol. The van der Waals surface area contributed by atoms with Crippen molar-refractivity contribution in [3.8, 4) is 0 Å². The zero-order valence-corrected chi connectivity index (χ0v) is 14.0. The molecule has 2 unspecified atom stereocenters. The molecule has 1 aliphatic rings. The summed E-state index contributed by atoms with van der Waals surface area (Å²) in [6, 6.07) is 6.71. The number of benzene rings is 1. The van der Waals surface area contributed by atoms with Gasteiger partial charge in [-0.1, -0.05) is 70.4 Å². The van der Waals surface area contributed by atoms with E-state index in [1.165, 1.54) is 57.4 Å². The third kappa shape index (κ3) is 6.48. The Hall–Kier alpha value is -0.890. The van der Waals surface area contributed by atoms with E-state index in [0.717, 1.165) is 30.4 Å². The van der Waals surface area contributed by atoms with Crippen LogP contribution in [0.4, 0.5) is 4.39 Å². The van der Waals surface area contributed by atoms with Crippen LogP contribution in [0.2, 0.25) is 0 Å². The predicted molar refractivity (Wildman–Crippen MR) is 90.3 cm³/mol. The fourth-order valence-electron chi connectivity index (χ4n) is 3.68. The van der Waals surface area contributed by atoms with Crippen molar-refractivity contribution < 1.29 is 9.13 Å². The van der Waals surface area contributed by atoms with Crippen LogP contribution >= 0.6 is 0 Å². The average Bonchev–Trinajstić information content (AvgIpc) is 2.49. The van der Waals surface area contributed by atoms with Gasteiger partial charge < -0.3 is 4.74 Å². The summed E-state index contributed by atoms with van der Waals surface area (Å²) in [7, 11) is 0. The Labute approximate surface area is 135 Å². The van der Waals surface area contributed by atoms with E-state index in [2.05, 4.69) is 6.92 Å². The summed E-state index contributed by atoms with van der Waals surface area (Å²) in [6.07, 6.45) is 12.3. The van der Waals surface area contributed by atoms with Crippen LogP contribution in [0.15, 0.2) is 24.3 Å². The van der Waals surface area contributed by atoms with Gasteiger partial charge in [0.1, 0.15) is 5.82 Å². The van der Waals surface area contributed by atoms with E-state index in [-0.39, 0.29) is 5.82 Å². The Morgan fingerprint density at radius 1 is 1.05 bits per heavy atom. The lowest BCUT2D eigenvalue weighted by Gasteiger charge is -2.24. The van der Waals surface area contributed by atoms with Crippen molar-refractivity contribution in [1.29, 1.82) is 0 Å². The highest BCUT2D eigenvalue weighted by molar-refractivity contribution is 5.15. The normalized spacial score (nSPS) is 23.0. The first-order chi connectivity index (χ1) is 10.8. The summed E-state index contributed by atoms with van der Waals surface area (Å²) < 4.78 is 18.9. The van der Waals surface area contributed by atoms with Gasteiger partial charge in [0.2, 0.25) is 0 Å². The third-order valence-electron chi connectivity index (χ3n) is 4.98. The maximum Gasteiger partial charge on any atom is 0.123 e. The molecule has 0 spiro atoms. The van der Waals surface area contributed by atoms with Crippen molar-refractivity contribution in [2.24, 2.45) is 11.8 Å². The molecule has 0 amide bonds. The topological polar surface area (TPSA) is 9.23 Å². The standard InChI is InChI=1S/C20H31FO/c1-2-6-17-7-3-4-8-18(12-11-17)13-14-22-16-19-9-5-10-20(21)15-19/h5,9-10,15,17-18H,2-4,6-8,11-14,16H2,1H3. The smallest absolute Gasteiger partial charge is 0.123 e. The molecular formula is C20H31FO. The number of hydrogen-bond donors (Lipinski definition) is 0. The summed E-state index contributed by atoms with van der Waals surface area (Å²) in [4.78, 5) is 0. The second-order valence-corrected chi connectivity index (χ2v) is 6.85. The Balaban J connectivity index is 1.65.